The SMILES string of the molecule is Cc1nc(NCCc2ccc(F)cc2)cc(N2CCCCC2)n1. The summed E-state index contributed by atoms with van der Waals surface area (Å²) < 4.78 is 12.9. The van der Waals surface area contributed by atoms with Crippen molar-refractivity contribution in [2.24, 2.45) is 0 Å². The van der Waals surface area contributed by atoms with Gasteiger partial charge in [0.15, 0.2) is 0 Å². The number of benzene rings is 1. The van der Waals surface area contributed by atoms with Gasteiger partial charge in [-0.2, -0.15) is 0 Å². The quantitative estimate of drug-likeness (QED) is 0.916. The lowest BCUT2D eigenvalue weighted by atomic mass is 10.1. The molecular formula is C18H23FN4. The third kappa shape index (κ3) is 4.41. The van der Waals surface area contributed by atoms with Gasteiger partial charge in [0.1, 0.15) is 23.3 Å². The number of rotatable bonds is 5. The molecular weight excluding hydrogens is 291 g/mol. The number of aryl methyl sites for hydroxylation is 1. The van der Waals surface area contributed by atoms with Crippen LogP contribution >= 0.6 is 0 Å². The molecule has 0 atom stereocenters. The number of aromatic nitrogens is 2. The first-order chi connectivity index (χ1) is 11.2. The van der Waals surface area contributed by atoms with Gasteiger partial charge in [0.2, 0.25) is 0 Å². The first-order valence-electron chi connectivity index (χ1n) is 8.30. The van der Waals surface area contributed by atoms with Crippen LogP contribution in [0.1, 0.15) is 30.7 Å². The van der Waals surface area contributed by atoms with Crippen LogP contribution in [0, 0.1) is 12.7 Å². The fraction of sp³-hybridized carbons (Fsp3) is 0.444. The summed E-state index contributed by atoms with van der Waals surface area (Å²) in [5, 5.41) is 3.36. The molecule has 1 saturated heterocycles. The lowest BCUT2D eigenvalue weighted by Gasteiger charge is -2.28. The number of hydrogen-bond donors (Lipinski definition) is 1. The maximum Gasteiger partial charge on any atom is 0.134 e. The van der Waals surface area contributed by atoms with Crippen LogP contribution in [-0.4, -0.2) is 29.6 Å². The summed E-state index contributed by atoms with van der Waals surface area (Å²) in [6.07, 6.45) is 4.61. The van der Waals surface area contributed by atoms with Crippen molar-refractivity contribution in [3.63, 3.8) is 0 Å². The Morgan fingerprint density at radius 3 is 2.57 bits per heavy atom. The molecule has 23 heavy (non-hydrogen) atoms. The van der Waals surface area contributed by atoms with Gasteiger partial charge < -0.3 is 10.2 Å². The van der Waals surface area contributed by atoms with Crippen molar-refractivity contribution in [1.82, 2.24) is 9.97 Å². The van der Waals surface area contributed by atoms with E-state index < -0.39 is 0 Å². The zero-order valence-electron chi connectivity index (χ0n) is 13.6. The van der Waals surface area contributed by atoms with Gasteiger partial charge in [-0.05, 0) is 50.3 Å². The number of hydrogen-bond acceptors (Lipinski definition) is 4. The van der Waals surface area contributed by atoms with E-state index in [4.69, 9.17) is 0 Å². The van der Waals surface area contributed by atoms with Gasteiger partial charge in [-0.3, -0.25) is 0 Å². The first-order valence-corrected chi connectivity index (χ1v) is 8.30. The van der Waals surface area contributed by atoms with Crippen molar-refractivity contribution >= 4 is 11.6 Å². The van der Waals surface area contributed by atoms with Crippen molar-refractivity contribution in [2.75, 3.05) is 29.9 Å². The van der Waals surface area contributed by atoms with Gasteiger partial charge in [-0.1, -0.05) is 12.1 Å². The molecule has 0 saturated carbocycles. The van der Waals surface area contributed by atoms with E-state index in [9.17, 15) is 4.39 Å². The minimum Gasteiger partial charge on any atom is -0.370 e. The average molecular weight is 314 g/mol. The van der Waals surface area contributed by atoms with Gasteiger partial charge in [-0.15, -0.1) is 0 Å². The Bertz CT molecular complexity index is 636. The highest BCUT2D eigenvalue weighted by Crippen LogP contribution is 2.20. The highest BCUT2D eigenvalue weighted by Gasteiger charge is 2.13. The number of anilines is 2. The van der Waals surface area contributed by atoms with Gasteiger partial charge in [-0.25, -0.2) is 14.4 Å². The van der Waals surface area contributed by atoms with E-state index in [0.717, 1.165) is 49.1 Å². The molecule has 0 bridgehead atoms. The van der Waals surface area contributed by atoms with Crippen LogP contribution in [0.15, 0.2) is 30.3 Å². The van der Waals surface area contributed by atoms with E-state index in [1.54, 1.807) is 0 Å². The van der Waals surface area contributed by atoms with E-state index in [1.165, 1.54) is 31.4 Å². The predicted octanol–water partition coefficient (Wildman–Crippen LogP) is 3.57. The summed E-state index contributed by atoms with van der Waals surface area (Å²) in [4.78, 5) is 11.4. The summed E-state index contributed by atoms with van der Waals surface area (Å²) in [6.45, 7) is 4.84. The Balaban J connectivity index is 1.60. The molecule has 0 spiro atoms. The van der Waals surface area contributed by atoms with Crippen LogP contribution < -0.4 is 10.2 Å². The number of nitrogens with one attached hydrogen (secondary N) is 1. The molecule has 2 aromatic rings. The van der Waals surface area contributed by atoms with E-state index in [-0.39, 0.29) is 5.82 Å². The number of nitrogens with zero attached hydrogens (tertiary/aromatic N) is 3. The van der Waals surface area contributed by atoms with Crippen LogP contribution in [0.5, 0.6) is 0 Å². The van der Waals surface area contributed by atoms with Crippen molar-refractivity contribution < 1.29 is 4.39 Å². The van der Waals surface area contributed by atoms with Crippen molar-refractivity contribution in [2.45, 2.75) is 32.6 Å². The average Bonchev–Trinajstić information content (AvgIpc) is 2.57. The number of piperidine rings is 1. The van der Waals surface area contributed by atoms with E-state index in [0.29, 0.717) is 0 Å². The molecule has 1 fully saturated rings. The van der Waals surface area contributed by atoms with Gasteiger partial charge in [0, 0.05) is 25.7 Å². The zero-order chi connectivity index (χ0) is 16.1. The molecule has 1 aliphatic rings. The van der Waals surface area contributed by atoms with Crippen molar-refractivity contribution in [3.05, 3.63) is 47.5 Å². The van der Waals surface area contributed by atoms with Crippen molar-refractivity contribution in [3.8, 4) is 0 Å². The zero-order valence-corrected chi connectivity index (χ0v) is 13.6. The highest BCUT2D eigenvalue weighted by atomic mass is 19.1. The summed E-state index contributed by atoms with van der Waals surface area (Å²) in [6, 6.07) is 8.67. The minimum atomic E-state index is -0.195. The minimum absolute atomic E-state index is 0.195. The molecule has 0 amide bonds. The van der Waals surface area contributed by atoms with Crippen molar-refractivity contribution in [1.29, 1.82) is 0 Å². The lowest BCUT2D eigenvalue weighted by Crippen LogP contribution is -2.30. The maximum absolute atomic E-state index is 12.9. The van der Waals surface area contributed by atoms with Gasteiger partial charge in [0.25, 0.3) is 0 Å². The molecule has 1 aromatic heterocycles. The molecule has 3 rings (SSSR count). The second-order valence-corrected chi connectivity index (χ2v) is 6.01. The van der Waals surface area contributed by atoms with E-state index in [1.807, 2.05) is 25.1 Å². The molecule has 0 aliphatic carbocycles. The molecule has 0 radical (unpaired) electrons. The topological polar surface area (TPSA) is 41.1 Å². The largest absolute Gasteiger partial charge is 0.370 e. The lowest BCUT2D eigenvalue weighted by molar-refractivity contribution is 0.572. The Morgan fingerprint density at radius 2 is 1.83 bits per heavy atom. The normalized spacial score (nSPS) is 14.8. The summed E-state index contributed by atoms with van der Waals surface area (Å²) in [5.74, 6) is 2.47. The van der Waals surface area contributed by atoms with Crippen LogP contribution in [0.4, 0.5) is 16.0 Å². The molecule has 122 valence electrons. The van der Waals surface area contributed by atoms with Gasteiger partial charge in [0.05, 0.1) is 0 Å². The Kier molecular flexibility index (Phi) is 5.05. The van der Waals surface area contributed by atoms with Crippen LogP contribution in [0.25, 0.3) is 0 Å². The summed E-state index contributed by atoms with van der Waals surface area (Å²) >= 11 is 0. The van der Waals surface area contributed by atoms with E-state index in [2.05, 4.69) is 20.2 Å². The molecule has 2 heterocycles. The molecule has 1 aliphatic heterocycles. The fourth-order valence-electron chi connectivity index (χ4n) is 2.91. The molecule has 1 aromatic carbocycles. The standard InChI is InChI=1S/C18H23FN4/c1-14-21-17(13-18(22-14)23-11-3-2-4-12-23)20-10-9-15-5-7-16(19)8-6-15/h5-8,13H,2-4,9-12H2,1H3,(H,20,21,22). The molecule has 4 nitrogen and oxygen atoms in total. The predicted molar refractivity (Wildman–Crippen MR) is 91.4 cm³/mol. The molecule has 5 heteroatoms. The van der Waals surface area contributed by atoms with Crippen LogP contribution in [0.2, 0.25) is 0 Å². The Hall–Kier alpha value is -2.17. The van der Waals surface area contributed by atoms with Crippen LogP contribution in [-0.2, 0) is 6.42 Å². The van der Waals surface area contributed by atoms with E-state index >= 15 is 0 Å². The fourth-order valence-corrected chi connectivity index (χ4v) is 2.91. The summed E-state index contributed by atoms with van der Waals surface area (Å²) in [5.41, 5.74) is 1.11. The molecule has 1 N–H and O–H groups in total. The number of halogens is 1. The Morgan fingerprint density at radius 1 is 1.09 bits per heavy atom. The first kappa shape index (κ1) is 15.7. The second-order valence-electron chi connectivity index (χ2n) is 6.01. The monoisotopic (exact) mass is 314 g/mol. The third-order valence-corrected chi connectivity index (χ3v) is 4.14. The maximum atomic E-state index is 12.9. The smallest absolute Gasteiger partial charge is 0.134 e. The molecule has 0 unspecified atom stereocenters. The second kappa shape index (κ2) is 7.40. The highest BCUT2D eigenvalue weighted by molar-refractivity contribution is 5.49. The third-order valence-electron chi connectivity index (χ3n) is 4.14. The Labute approximate surface area is 136 Å². The summed E-state index contributed by atoms with van der Waals surface area (Å²) in [7, 11) is 0. The van der Waals surface area contributed by atoms with Gasteiger partial charge >= 0.3 is 0 Å². The van der Waals surface area contributed by atoms with Crippen LogP contribution in [0.3, 0.4) is 0 Å².